The van der Waals surface area contributed by atoms with E-state index in [0.29, 0.717) is 0 Å². The summed E-state index contributed by atoms with van der Waals surface area (Å²) >= 11 is 0. The molecule has 0 aromatic rings. The summed E-state index contributed by atoms with van der Waals surface area (Å²) in [5.41, 5.74) is 0. The Labute approximate surface area is 121 Å². The third-order valence-corrected chi connectivity index (χ3v) is 5.27. The van der Waals surface area contributed by atoms with Gasteiger partial charge in [0.1, 0.15) is 0 Å². The van der Waals surface area contributed by atoms with Crippen LogP contribution in [0.25, 0.3) is 0 Å². The molecule has 0 heterocycles. The van der Waals surface area contributed by atoms with E-state index in [1.165, 1.54) is 45.1 Å². The molecule has 1 N–H and O–H groups in total. The Balaban J connectivity index is 2.54. The fraction of sp³-hybridized carbons (Fsp3) is 1.00. The van der Waals surface area contributed by atoms with Crippen molar-refractivity contribution in [3.05, 3.63) is 0 Å². The van der Waals surface area contributed by atoms with Gasteiger partial charge in [-0.3, -0.25) is 0 Å². The zero-order valence-corrected chi connectivity index (χ0v) is 14.0. The minimum Gasteiger partial charge on any atom is -0.317 e. The Bertz CT molecular complexity index is 224. The molecule has 0 aromatic heterocycles. The first kappa shape index (κ1) is 17.0. The van der Waals surface area contributed by atoms with Gasteiger partial charge in [0.15, 0.2) is 0 Å². The van der Waals surface area contributed by atoms with Gasteiger partial charge in [0.25, 0.3) is 0 Å². The van der Waals surface area contributed by atoms with Gasteiger partial charge in [-0.05, 0) is 68.4 Å². The number of rotatable bonds is 8. The lowest BCUT2D eigenvalue weighted by atomic mass is 9.68. The summed E-state index contributed by atoms with van der Waals surface area (Å²) < 4.78 is 0. The van der Waals surface area contributed by atoms with Crippen LogP contribution in [0.3, 0.4) is 0 Å². The predicted molar refractivity (Wildman–Crippen MR) is 86.4 cm³/mol. The van der Waals surface area contributed by atoms with Crippen LogP contribution in [0, 0.1) is 29.6 Å². The van der Waals surface area contributed by atoms with E-state index in [9.17, 15) is 0 Å². The Morgan fingerprint density at radius 2 is 1.79 bits per heavy atom. The van der Waals surface area contributed by atoms with E-state index >= 15 is 0 Å². The predicted octanol–water partition coefficient (Wildman–Crippen LogP) is 5.11. The molecule has 1 aliphatic rings. The number of hydrogen-bond acceptors (Lipinski definition) is 1. The molecule has 0 amide bonds. The molecule has 1 fully saturated rings. The molecule has 1 saturated carbocycles. The Hall–Kier alpha value is -0.0400. The lowest BCUT2D eigenvalue weighted by Crippen LogP contribution is -2.35. The maximum Gasteiger partial charge on any atom is -0.00180 e. The maximum absolute atomic E-state index is 3.60. The van der Waals surface area contributed by atoms with Crippen molar-refractivity contribution in [2.24, 2.45) is 29.6 Å². The van der Waals surface area contributed by atoms with Gasteiger partial charge in [-0.2, -0.15) is 0 Å². The second-order valence-electron chi connectivity index (χ2n) is 7.27. The Morgan fingerprint density at radius 3 is 2.37 bits per heavy atom. The van der Waals surface area contributed by atoms with Crippen LogP contribution in [0.1, 0.15) is 73.1 Å². The summed E-state index contributed by atoms with van der Waals surface area (Å²) in [6, 6.07) is 0. The van der Waals surface area contributed by atoms with Crippen LogP contribution in [0.5, 0.6) is 0 Å². The molecule has 1 aliphatic carbocycles. The number of hydrogen-bond donors (Lipinski definition) is 1. The summed E-state index contributed by atoms with van der Waals surface area (Å²) in [5.74, 6) is 4.70. The fourth-order valence-corrected chi connectivity index (χ4v) is 3.98. The van der Waals surface area contributed by atoms with Crippen LogP contribution in [-0.2, 0) is 0 Å². The smallest absolute Gasteiger partial charge is 0.00180 e. The second-order valence-corrected chi connectivity index (χ2v) is 7.27. The van der Waals surface area contributed by atoms with E-state index in [-0.39, 0.29) is 0 Å². The Morgan fingerprint density at radius 1 is 1.05 bits per heavy atom. The normalized spacial score (nSPS) is 29.7. The van der Waals surface area contributed by atoms with Gasteiger partial charge in [-0.15, -0.1) is 0 Å². The van der Waals surface area contributed by atoms with Crippen LogP contribution in [0.2, 0.25) is 0 Å². The largest absolute Gasteiger partial charge is 0.317 e. The van der Waals surface area contributed by atoms with Crippen LogP contribution in [0.15, 0.2) is 0 Å². The van der Waals surface area contributed by atoms with Crippen molar-refractivity contribution in [2.45, 2.75) is 73.1 Å². The molecule has 114 valence electrons. The zero-order chi connectivity index (χ0) is 14.3. The average Bonchev–Trinajstić information content (AvgIpc) is 2.37. The molecule has 0 aliphatic heterocycles. The van der Waals surface area contributed by atoms with Gasteiger partial charge >= 0.3 is 0 Å². The third kappa shape index (κ3) is 5.85. The molecule has 4 unspecified atom stereocenters. The molecule has 1 nitrogen and oxygen atoms in total. The molecule has 1 heteroatoms. The van der Waals surface area contributed by atoms with Crippen molar-refractivity contribution >= 4 is 0 Å². The van der Waals surface area contributed by atoms with Crippen LogP contribution >= 0.6 is 0 Å². The minimum atomic E-state index is 0.879. The van der Waals surface area contributed by atoms with Crippen molar-refractivity contribution < 1.29 is 0 Å². The van der Waals surface area contributed by atoms with E-state index < -0.39 is 0 Å². The van der Waals surface area contributed by atoms with Crippen molar-refractivity contribution in [3.63, 3.8) is 0 Å². The molecule has 0 bridgehead atoms. The molecular formula is C18H37N. The molecule has 0 saturated heterocycles. The highest BCUT2D eigenvalue weighted by molar-refractivity contribution is 4.83. The van der Waals surface area contributed by atoms with Crippen molar-refractivity contribution in [2.75, 3.05) is 13.1 Å². The van der Waals surface area contributed by atoms with Crippen LogP contribution in [0.4, 0.5) is 0 Å². The number of nitrogens with one attached hydrogen (secondary N) is 1. The molecule has 0 radical (unpaired) electrons. The Kier molecular flexibility index (Phi) is 8.06. The highest BCUT2D eigenvalue weighted by atomic mass is 14.8. The SMILES string of the molecule is CCCC(C)CC1CC(C(C)C)CCC1CNCC. The summed E-state index contributed by atoms with van der Waals surface area (Å²) in [7, 11) is 0. The summed E-state index contributed by atoms with van der Waals surface area (Å²) in [6.45, 7) is 14.2. The fourth-order valence-electron chi connectivity index (χ4n) is 3.98. The minimum absolute atomic E-state index is 0.879. The second kappa shape index (κ2) is 9.00. The molecule has 19 heavy (non-hydrogen) atoms. The van der Waals surface area contributed by atoms with Crippen molar-refractivity contribution in [1.82, 2.24) is 5.32 Å². The average molecular weight is 268 g/mol. The summed E-state index contributed by atoms with van der Waals surface area (Å²) in [6.07, 6.45) is 8.64. The molecule has 0 aromatic carbocycles. The first-order chi connectivity index (χ1) is 9.08. The summed E-state index contributed by atoms with van der Waals surface area (Å²) in [4.78, 5) is 0. The van der Waals surface area contributed by atoms with Gasteiger partial charge in [0, 0.05) is 0 Å². The van der Waals surface area contributed by atoms with Gasteiger partial charge in [-0.25, -0.2) is 0 Å². The first-order valence-corrected chi connectivity index (χ1v) is 8.79. The molecular weight excluding hydrogens is 230 g/mol. The van der Waals surface area contributed by atoms with E-state index in [2.05, 4.69) is 39.9 Å². The van der Waals surface area contributed by atoms with Gasteiger partial charge < -0.3 is 5.32 Å². The monoisotopic (exact) mass is 267 g/mol. The van der Waals surface area contributed by atoms with Gasteiger partial charge in [0.2, 0.25) is 0 Å². The lowest BCUT2D eigenvalue weighted by molar-refractivity contribution is 0.124. The molecule has 0 spiro atoms. The van der Waals surface area contributed by atoms with Gasteiger partial charge in [-0.1, -0.05) is 47.5 Å². The highest BCUT2D eigenvalue weighted by Crippen LogP contribution is 2.40. The summed E-state index contributed by atoms with van der Waals surface area (Å²) in [5, 5.41) is 3.60. The zero-order valence-electron chi connectivity index (χ0n) is 14.0. The quantitative estimate of drug-likeness (QED) is 0.644. The van der Waals surface area contributed by atoms with Gasteiger partial charge in [0.05, 0.1) is 0 Å². The van der Waals surface area contributed by atoms with Crippen LogP contribution < -0.4 is 5.32 Å². The maximum atomic E-state index is 3.60. The lowest BCUT2D eigenvalue weighted by Gasteiger charge is -2.39. The van der Waals surface area contributed by atoms with E-state index in [0.717, 1.165) is 36.1 Å². The van der Waals surface area contributed by atoms with E-state index in [1.54, 1.807) is 0 Å². The molecule has 1 rings (SSSR count). The van der Waals surface area contributed by atoms with E-state index in [4.69, 9.17) is 0 Å². The topological polar surface area (TPSA) is 12.0 Å². The highest BCUT2D eigenvalue weighted by Gasteiger charge is 2.32. The third-order valence-electron chi connectivity index (χ3n) is 5.27. The molecule has 4 atom stereocenters. The van der Waals surface area contributed by atoms with Crippen molar-refractivity contribution in [3.8, 4) is 0 Å². The first-order valence-electron chi connectivity index (χ1n) is 8.79. The van der Waals surface area contributed by atoms with E-state index in [1.807, 2.05) is 0 Å². The van der Waals surface area contributed by atoms with Crippen LogP contribution in [-0.4, -0.2) is 13.1 Å². The van der Waals surface area contributed by atoms with Crippen molar-refractivity contribution in [1.29, 1.82) is 0 Å². The standard InChI is InChI=1S/C18H37N/c1-6-8-15(5)11-18-12-16(14(3)4)9-10-17(18)13-19-7-2/h14-19H,6-13H2,1-5H3.